The molecule has 0 aromatic rings. The predicted octanol–water partition coefficient (Wildman–Crippen LogP) is 1.13. The van der Waals surface area contributed by atoms with Crippen molar-refractivity contribution < 1.29 is 5.73 Å². The summed E-state index contributed by atoms with van der Waals surface area (Å²) in [7, 11) is 1.00. The van der Waals surface area contributed by atoms with Crippen LogP contribution in [0.15, 0.2) is 0 Å². The Hall–Kier alpha value is 3.07. The summed E-state index contributed by atoms with van der Waals surface area (Å²) in [6.45, 7) is 0. The van der Waals surface area contributed by atoms with Crippen LogP contribution in [-0.2, 0) is 0 Å². The molecule has 0 unspecified atom stereocenters. The van der Waals surface area contributed by atoms with E-state index in [0.717, 1.165) is 0 Å². The summed E-state index contributed by atoms with van der Waals surface area (Å²) in [5, 5.41) is 0. The molecule has 0 fully saturated rings. The first-order valence-electron chi connectivity index (χ1n) is 1.27. The van der Waals surface area contributed by atoms with Gasteiger partial charge in [0.2, 0.25) is 0 Å². The second kappa shape index (κ2) is 10.9. The second-order valence-electron chi connectivity index (χ2n) is 0.214. The van der Waals surface area contributed by atoms with Crippen LogP contribution in [-0.4, -0.2) is 16.9 Å². The molecule has 6 heavy (non-hydrogen) atoms. The molecule has 0 aromatic carbocycles. The van der Waals surface area contributed by atoms with Gasteiger partial charge in [-0.1, -0.05) is 0 Å². The molecule has 0 rings (SSSR count). The third-order valence-electron chi connectivity index (χ3n) is 0. The van der Waals surface area contributed by atoms with Crippen LogP contribution < -0.4 is 5.73 Å². The third kappa shape index (κ3) is 27.6. The van der Waals surface area contributed by atoms with Gasteiger partial charge in [0.05, 0.1) is 7.05 Å². The van der Waals surface area contributed by atoms with Crippen LogP contribution in [0, 0.1) is 0 Å². The van der Waals surface area contributed by atoms with Crippen molar-refractivity contribution in [3.8, 4) is 0 Å². The standard InChI is InChI=1S/CH5N.3HI.Pb/c1-2;;;;/h2H2,1H3;3*1H;/q;;;;+4/p-2. The molecule has 0 aliphatic heterocycles. The number of rotatable bonds is 0. The van der Waals surface area contributed by atoms with E-state index in [4.69, 9.17) is 0 Å². The molecule has 0 radical (unpaired) electrons. The van der Waals surface area contributed by atoms with E-state index >= 15 is 0 Å². The van der Waals surface area contributed by atoms with Gasteiger partial charge in [0.25, 0.3) is 0 Å². The third-order valence-corrected chi connectivity index (χ3v) is 0. The quantitative estimate of drug-likeness (QED) is 0.311. The molecular weight excluding hydrogens is 614 g/mol. The molecule has 0 aliphatic carbocycles. The molecule has 0 atom stereocenters. The molecule has 1 nitrogen and oxygen atoms in total. The van der Waals surface area contributed by atoms with E-state index in [2.05, 4.69) is 59.0 Å². The van der Waals surface area contributed by atoms with Crippen molar-refractivity contribution in [2.24, 2.45) is 0 Å². The Kier molecular flexibility index (Phi) is 21.6. The number of hydrogen-bond acceptors (Lipinski definition) is 0. The molecular formula is CH6I3NPb+2. The average Bonchev–Trinajstić information content (AvgIpc) is 1.41. The SMILES string of the molecule is C[NH3+].[I][Pb+]([I])[I]. The molecule has 0 aliphatic rings. The van der Waals surface area contributed by atoms with Crippen LogP contribution >= 0.6 is 53.3 Å². The van der Waals surface area contributed by atoms with Crippen molar-refractivity contribution in [3.63, 3.8) is 0 Å². The maximum absolute atomic E-state index is 3.25. The molecule has 0 saturated carbocycles. The summed E-state index contributed by atoms with van der Waals surface area (Å²) in [6, 6.07) is 0. The molecule has 38 valence electrons. The molecule has 0 amide bonds. The molecule has 0 bridgehead atoms. The number of hydrogen-bond donors (Lipinski definition) is 1. The summed E-state index contributed by atoms with van der Waals surface area (Å²) < 4.78 is 0. The fourth-order valence-corrected chi connectivity index (χ4v) is 0. The first-order valence-corrected chi connectivity index (χ1v) is 34.1. The Labute approximate surface area is 73.7 Å². The van der Waals surface area contributed by atoms with E-state index in [-0.39, 0.29) is 0 Å². The summed E-state index contributed by atoms with van der Waals surface area (Å²) in [5.41, 5.74) is 3.25. The van der Waals surface area contributed by atoms with Gasteiger partial charge in [0, 0.05) is 0 Å². The fourth-order valence-electron chi connectivity index (χ4n) is 0. The van der Waals surface area contributed by atoms with Gasteiger partial charge in [-0.15, -0.1) is 0 Å². The summed E-state index contributed by atoms with van der Waals surface area (Å²) in [5.74, 6) is 0. The minimum atomic E-state index is -0.747. The van der Waals surface area contributed by atoms with Gasteiger partial charge in [-0.05, 0) is 0 Å². The van der Waals surface area contributed by atoms with Crippen molar-refractivity contribution >= 4 is 63.1 Å². The van der Waals surface area contributed by atoms with Crippen LogP contribution in [0.1, 0.15) is 0 Å². The van der Waals surface area contributed by atoms with Gasteiger partial charge in [-0.2, -0.15) is 0 Å². The van der Waals surface area contributed by atoms with Gasteiger partial charge in [0.1, 0.15) is 0 Å². The Morgan fingerprint density at radius 1 is 1.17 bits per heavy atom. The van der Waals surface area contributed by atoms with Gasteiger partial charge in [-0.3, -0.25) is 0 Å². The number of halogens is 3. The first kappa shape index (κ1) is 11.8. The van der Waals surface area contributed by atoms with E-state index in [9.17, 15) is 0 Å². The van der Waals surface area contributed by atoms with Crippen molar-refractivity contribution in [3.05, 3.63) is 0 Å². The van der Waals surface area contributed by atoms with E-state index < -0.39 is 9.82 Å². The molecule has 0 heterocycles. The topological polar surface area (TPSA) is 27.6 Å². The van der Waals surface area contributed by atoms with Gasteiger partial charge < -0.3 is 5.73 Å². The van der Waals surface area contributed by atoms with Crippen molar-refractivity contribution in [2.75, 3.05) is 7.05 Å². The van der Waals surface area contributed by atoms with Crippen molar-refractivity contribution in [1.29, 1.82) is 0 Å². The Bertz CT molecular complexity index is 15.5. The van der Waals surface area contributed by atoms with Crippen LogP contribution in [0.25, 0.3) is 0 Å². The predicted molar refractivity (Wildman–Crippen MR) is 56.6 cm³/mol. The van der Waals surface area contributed by atoms with Crippen molar-refractivity contribution in [2.45, 2.75) is 0 Å². The van der Waals surface area contributed by atoms with Crippen LogP contribution in [0.4, 0.5) is 0 Å². The zero-order chi connectivity index (χ0) is 5.58. The summed E-state index contributed by atoms with van der Waals surface area (Å²) in [4.78, 5) is 0. The Morgan fingerprint density at radius 2 is 1.17 bits per heavy atom. The molecule has 5 heteroatoms. The maximum atomic E-state index is 3.25. The number of quaternary nitrogens is 1. The van der Waals surface area contributed by atoms with E-state index in [1.807, 2.05) is 0 Å². The fraction of sp³-hybridized carbons (Fsp3) is 1.00. The normalized spacial score (nSPS) is 5.50. The Morgan fingerprint density at radius 3 is 1.17 bits per heavy atom. The monoisotopic (exact) mass is 621 g/mol. The van der Waals surface area contributed by atoms with Crippen LogP contribution in [0.2, 0.25) is 0 Å². The van der Waals surface area contributed by atoms with E-state index in [0.29, 0.717) is 0 Å². The Balaban J connectivity index is 0. The molecule has 0 spiro atoms. The second-order valence-corrected chi connectivity index (χ2v) is 84.6. The van der Waals surface area contributed by atoms with Gasteiger partial charge >= 0.3 is 63.1 Å². The van der Waals surface area contributed by atoms with Crippen molar-refractivity contribution in [1.82, 2.24) is 0 Å². The first-order chi connectivity index (χ1) is 2.73. The van der Waals surface area contributed by atoms with E-state index in [1.54, 1.807) is 7.05 Å². The summed E-state index contributed by atoms with van der Waals surface area (Å²) >= 11 is 7.59. The summed E-state index contributed by atoms with van der Waals surface area (Å²) in [6.07, 6.45) is 0. The van der Waals surface area contributed by atoms with E-state index in [1.165, 1.54) is 0 Å². The van der Waals surface area contributed by atoms with Gasteiger partial charge in [0.15, 0.2) is 0 Å². The van der Waals surface area contributed by atoms with Crippen LogP contribution in [0.3, 0.4) is 0 Å². The molecule has 3 N–H and O–H groups in total. The molecule has 0 aromatic heterocycles. The molecule has 0 saturated heterocycles. The zero-order valence-electron chi connectivity index (χ0n) is 3.34. The average molecular weight is 620 g/mol. The van der Waals surface area contributed by atoms with Crippen LogP contribution in [0.5, 0.6) is 0 Å². The zero-order valence-corrected chi connectivity index (χ0v) is 13.7. The van der Waals surface area contributed by atoms with Gasteiger partial charge in [-0.25, -0.2) is 0 Å². The minimum absolute atomic E-state index is 0.747.